The fourth-order valence-electron chi connectivity index (χ4n) is 1.29. The highest BCUT2D eigenvalue weighted by Gasteiger charge is 2.30. The highest BCUT2D eigenvalue weighted by Crippen LogP contribution is 2.25. The summed E-state index contributed by atoms with van der Waals surface area (Å²) in [6.07, 6.45) is -4.87. The molecule has 7 heteroatoms. The van der Waals surface area contributed by atoms with Gasteiger partial charge in [0.1, 0.15) is 17.4 Å². The van der Waals surface area contributed by atoms with Gasteiger partial charge in [0, 0.05) is 0 Å². The third-order valence-electron chi connectivity index (χ3n) is 1.89. The van der Waals surface area contributed by atoms with Crippen molar-refractivity contribution in [3.05, 3.63) is 20.2 Å². The first-order valence-corrected chi connectivity index (χ1v) is 6.42. The molecule has 0 bridgehead atoms. The molecule has 0 amide bonds. The van der Waals surface area contributed by atoms with Crippen LogP contribution in [0, 0.1) is 9.49 Å². The van der Waals surface area contributed by atoms with Crippen molar-refractivity contribution in [1.82, 2.24) is 9.97 Å². The van der Waals surface area contributed by atoms with Crippen LogP contribution >= 0.6 is 34.2 Å². The van der Waals surface area contributed by atoms with Crippen molar-refractivity contribution in [2.75, 3.05) is 0 Å². The molecule has 0 radical (unpaired) electrons. The molecule has 0 fully saturated rings. The van der Waals surface area contributed by atoms with E-state index in [0.717, 1.165) is 0 Å². The van der Waals surface area contributed by atoms with Gasteiger partial charge in [-0.3, -0.25) is 0 Å². The predicted molar refractivity (Wildman–Crippen MR) is 68.1 cm³/mol. The van der Waals surface area contributed by atoms with E-state index in [1.165, 1.54) is 0 Å². The van der Waals surface area contributed by atoms with Gasteiger partial charge in [0.05, 0.1) is 9.26 Å². The third-order valence-corrected chi connectivity index (χ3v) is 3.61. The number of aromatic nitrogens is 2. The molecule has 1 rings (SSSR count). The van der Waals surface area contributed by atoms with E-state index < -0.39 is 12.6 Å². The fraction of sp³-hybridized carbons (Fsp3) is 0.600. The van der Waals surface area contributed by atoms with Crippen molar-refractivity contribution in [1.29, 1.82) is 0 Å². The quantitative estimate of drug-likeness (QED) is 0.586. The maximum Gasteiger partial charge on any atom is 0.396 e. The summed E-state index contributed by atoms with van der Waals surface area (Å²) in [4.78, 5) is 7.59. The summed E-state index contributed by atoms with van der Waals surface area (Å²) in [5.41, 5.74) is 0.583. The zero-order valence-electron chi connectivity index (χ0n) is 9.28. The first-order valence-electron chi connectivity index (χ1n) is 4.96. The minimum atomic E-state index is -4.31. The van der Waals surface area contributed by atoms with E-state index in [2.05, 4.69) is 9.97 Å². The van der Waals surface area contributed by atoms with Gasteiger partial charge in [-0.15, -0.1) is 0 Å². The van der Waals surface area contributed by atoms with Crippen LogP contribution in [0.15, 0.2) is 0 Å². The fourth-order valence-corrected chi connectivity index (χ4v) is 1.96. The molecule has 0 aromatic carbocycles. The van der Waals surface area contributed by atoms with Crippen LogP contribution in [0.2, 0.25) is 5.15 Å². The second kappa shape index (κ2) is 5.69. The summed E-state index contributed by atoms with van der Waals surface area (Å²) < 4.78 is 37.4. The highest BCUT2D eigenvalue weighted by molar-refractivity contribution is 14.1. The lowest BCUT2D eigenvalue weighted by atomic mass is 10.1. The van der Waals surface area contributed by atoms with Crippen molar-refractivity contribution in [2.24, 2.45) is 5.92 Å². The number of nitrogens with zero attached hydrogens (tertiary/aromatic N) is 2. The molecule has 0 unspecified atom stereocenters. The Hall–Kier alpha value is -0.110. The molecule has 1 aromatic rings. The number of hydrogen-bond acceptors (Lipinski definition) is 2. The van der Waals surface area contributed by atoms with Crippen LogP contribution in [0.4, 0.5) is 13.2 Å². The monoisotopic (exact) mass is 378 g/mol. The lowest BCUT2D eigenvalue weighted by Crippen LogP contribution is -2.16. The van der Waals surface area contributed by atoms with Gasteiger partial charge < -0.3 is 0 Å². The molecular weight excluding hydrogens is 367 g/mol. The normalized spacial score (nSPS) is 12.2. The van der Waals surface area contributed by atoms with E-state index >= 15 is 0 Å². The first kappa shape index (κ1) is 14.9. The standard InChI is InChI=1S/C10H11ClF3IN2/c1-5(2)3-6-8(15)9(11)17-7(16-6)4-10(12,13)14/h5H,3-4H2,1-2H3. The molecule has 0 spiro atoms. The average molecular weight is 379 g/mol. The average Bonchev–Trinajstić information content (AvgIpc) is 2.09. The molecule has 0 atom stereocenters. The van der Waals surface area contributed by atoms with Crippen molar-refractivity contribution in [3.8, 4) is 0 Å². The maximum atomic E-state index is 12.2. The lowest BCUT2D eigenvalue weighted by Gasteiger charge is -2.11. The van der Waals surface area contributed by atoms with Crippen molar-refractivity contribution < 1.29 is 13.2 Å². The van der Waals surface area contributed by atoms with Gasteiger partial charge in [-0.2, -0.15) is 13.2 Å². The van der Waals surface area contributed by atoms with Crippen molar-refractivity contribution >= 4 is 34.2 Å². The summed E-state index contributed by atoms with van der Waals surface area (Å²) >= 11 is 7.76. The van der Waals surface area contributed by atoms with E-state index in [9.17, 15) is 13.2 Å². The third kappa shape index (κ3) is 4.95. The van der Waals surface area contributed by atoms with Crippen molar-refractivity contribution in [3.63, 3.8) is 0 Å². The lowest BCUT2D eigenvalue weighted by molar-refractivity contribution is -0.128. The number of halogens is 5. The van der Waals surface area contributed by atoms with Crippen LogP contribution < -0.4 is 0 Å². The van der Waals surface area contributed by atoms with Gasteiger partial charge in [0.25, 0.3) is 0 Å². The van der Waals surface area contributed by atoms with Crippen molar-refractivity contribution in [2.45, 2.75) is 32.9 Å². The maximum absolute atomic E-state index is 12.2. The Labute approximate surface area is 116 Å². The van der Waals surface area contributed by atoms with Crippen LogP contribution in [0.3, 0.4) is 0 Å². The van der Waals surface area contributed by atoms with Gasteiger partial charge in [0.2, 0.25) is 0 Å². The summed E-state index contributed by atoms with van der Waals surface area (Å²) in [6, 6.07) is 0. The molecule has 1 heterocycles. The van der Waals surface area contributed by atoms with Crippen LogP contribution in [-0.2, 0) is 12.8 Å². The van der Waals surface area contributed by atoms with Crippen LogP contribution in [0.5, 0.6) is 0 Å². The Bertz CT molecular complexity index is 407. The molecule has 0 saturated carbocycles. The molecule has 0 aliphatic carbocycles. The van der Waals surface area contributed by atoms with E-state index in [4.69, 9.17) is 11.6 Å². The Morgan fingerprint density at radius 2 is 1.88 bits per heavy atom. The van der Waals surface area contributed by atoms with Gasteiger partial charge >= 0.3 is 6.18 Å². The summed E-state index contributed by atoms with van der Waals surface area (Å²) in [7, 11) is 0. The first-order chi connectivity index (χ1) is 7.69. The summed E-state index contributed by atoms with van der Waals surface area (Å²) in [5.74, 6) is 0.0341. The molecule has 0 saturated heterocycles. The van der Waals surface area contributed by atoms with Crippen LogP contribution in [0.1, 0.15) is 25.4 Å². The van der Waals surface area contributed by atoms with Crippen LogP contribution in [-0.4, -0.2) is 16.1 Å². The van der Waals surface area contributed by atoms with E-state index in [-0.39, 0.29) is 11.0 Å². The molecule has 2 nitrogen and oxygen atoms in total. The number of rotatable bonds is 3. The van der Waals surface area contributed by atoms with Gasteiger partial charge in [-0.05, 0) is 34.9 Å². The van der Waals surface area contributed by atoms with E-state index in [1.54, 1.807) is 0 Å². The Morgan fingerprint density at radius 1 is 1.29 bits per heavy atom. The zero-order chi connectivity index (χ0) is 13.2. The van der Waals surface area contributed by atoms with Gasteiger partial charge in [-0.25, -0.2) is 9.97 Å². The number of alkyl halides is 3. The molecule has 96 valence electrons. The van der Waals surface area contributed by atoms with Gasteiger partial charge in [-0.1, -0.05) is 25.4 Å². The topological polar surface area (TPSA) is 25.8 Å². The molecule has 0 aliphatic rings. The minimum Gasteiger partial charge on any atom is -0.236 e. The Balaban J connectivity index is 3.06. The largest absolute Gasteiger partial charge is 0.396 e. The molecular formula is C10H11ClF3IN2. The minimum absolute atomic E-state index is 0.0931. The van der Waals surface area contributed by atoms with E-state index in [0.29, 0.717) is 21.6 Å². The molecule has 17 heavy (non-hydrogen) atoms. The zero-order valence-corrected chi connectivity index (χ0v) is 12.2. The SMILES string of the molecule is CC(C)Cc1nc(CC(F)(F)F)nc(Cl)c1I. The second-order valence-electron chi connectivity index (χ2n) is 4.08. The molecule has 0 N–H and O–H groups in total. The Morgan fingerprint density at radius 3 is 2.35 bits per heavy atom. The summed E-state index contributed by atoms with van der Waals surface area (Å²) in [6.45, 7) is 3.94. The molecule has 0 aliphatic heterocycles. The number of hydrogen-bond donors (Lipinski definition) is 0. The highest BCUT2D eigenvalue weighted by atomic mass is 127. The second-order valence-corrected chi connectivity index (χ2v) is 5.52. The predicted octanol–water partition coefficient (Wildman–Crippen LogP) is 4.04. The van der Waals surface area contributed by atoms with E-state index in [1.807, 2.05) is 36.4 Å². The van der Waals surface area contributed by atoms with Gasteiger partial charge in [0.15, 0.2) is 0 Å². The Kier molecular flexibility index (Phi) is 5.00. The van der Waals surface area contributed by atoms with Crippen LogP contribution in [0.25, 0.3) is 0 Å². The molecule has 1 aromatic heterocycles. The summed E-state index contributed by atoms with van der Waals surface area (Å²) in [5, 5.41) is 0.0931. The smallest absolute Gasteiger partial charge is 0.236 e.